The summed E-state index contributed by atoms with van der Waals surface area (Å²) in [6.45, 7) is 1.52. The van der Waals surface area contributed by atoms with Gasteiger partial charge in [0.1, 0.15) is 0 Å². The van der Waals surface area contributed by atoms with E-state index in [1.165, 1.54) is 11.8 Å². The van der Waals surface area contributed by atoms with Gasteiger partial charge in [-0.05, 0) is 31.0 Å². The van der Waals surface area contributed by atoms with E-state index in [1.54, 1.807) is 24.3 Å². The Morgan fingerprint density at radius 3 is 2.19 bits per heavy atom. The van der Waals surface area contributed by atoms with Crippen LogP contribution in [-0.4, -0.2) is 35.1 Å². The highest BCUT2D eigenvalue weighted by Gasteiger charge is 2.47. The van der Waals surface area contributed by atoms with Crippen LogP contribution in [0.4, 0.5) is 11.4 Å². The molecule has 3 rings (SSSR count). The van der Waals surface area contributed by atoms with Crippen molar-refractivity contribution in [2.75, 3.05) is 17.2 Å². The first kappa shape index (κ1) is 18.1. The Labute approximate surface area is 152 Å². The van der Waals surface area contributed by atoms with Crippen LogP contribution in [-0.2, 0) is 19.2 Å². The Morgan fingerprint density at radius 1 is 1.04 bits per heavy atom. The van der Waals surface area contributed by atoms with Gasteiger partial charge in [-0.15, -0.1) is 0 Å². The zero-order valence-corrected chi connectivity index (χ0v) is 14.8. The van der Waals surface area contributed by atoms with Crippen molar-refractivity contribution in [2.24, 2.45) is 11.8 Å². The van der Waals surface area contributed by atoms with Gasteiger partial charge in [-0.25, -0.2) is 0 Å². The second kappa shape index (κ2) is 7.68. The Kier molecular flexibility index (Phi) is 5.35. The molecule has 1 aromatic carbocycles. The summed E-state index contributed by atoms with van der Waals surface area (Å²) >= 11 is 0. The smallest absolute Gasteiger partial charge is 0.233 e. The summed E-state index contributed by atoms with van der Waals surface area (Å²) in [5.74, 6) is -1.09. The fourth-order valence-electron chi connectivity index (χ4n) is 3.77. The molecule has 0 bridgehead atoms. The number of imide groups is 1. The van der Waals surface area contributed by atoms with Gasteiger partial charge in [0.2, 0.25) is 23.6 Å². The summed E-state index contributed by atoms with van der Waals surface area (Å²) in [4.78, 5) is 49.3. The lowest BCUT2D eigenvalue weighted by Crippen LogP contribution is -2.34. The number of likely N-dealkylation sites (tertiary alicyclic amines) is 1. The Hall–Kier alpha value is -2.70. The lowest BCUT2D eigenvalue weighted by atomic mass is 9.81. The standard InChI is InChI=1S/C19H23N3O4/c1-12(23)20-13-5-4-6-14(11-13)21-17(24)9-10-22-18(25)15-7-2-3-8-16(15)19(22)26/h4-6,11,15-16H,2-3,7-10H2,1H3,(H,20,23)(H,21,24)/t15-,16-/m0/s1. The molecule has 26 heavy (non-hydrogen) atoms. The van der Waals surface area contributed by atoms with E-state index in [1.807, 2.05) is 0 Å². The molecule has 2 aliphatic rings. The van der Waals surface area contributed by atoms with Gasteiger partial charge in [-0.1, -0.05) is 18.9 Å². The number of benzene rings is 1. The third kappa shape index (κ3) is 3.92. The maximum absolute atomic E-state index is 12.4. The number of nitrogens with one attached hydrogen (secondary N) is 2. The summed E-state index contributed by atoms with van der Waals surface area (Å²) in [6.07, 6.45) is 3.57. The second-order valence-electron chi connectivity index (χ2n) is 6.89. The number of carbonyl (C=O) groups excluding carboxylic acids is 4. The molecule has 0 aromatic heterocycles. The first-order valence-electron chi connectivity index (χ1n) is 8.98. The lowest BCUT2D eigenvalue weighted by molar-refractivity contribution is -0.140. The first-order chi connectivity index (χ1) is 12.5. The molecule has 0 spiro atoms. The predicted octanol–water partition coefficient (Wildman–Crippen LogP) is 2.15. The minimum Gasteiger partial charge on any atom is -0.326 e. The number of fused-ring (bicyclic) bond motifs is 1. The predicted molar refractivity (Wildman–Crippen MR) is 96.2 cm³/mol. The van der Waals surface area contributed by atoms with Crippen LogP contribution in [0.3, 0.4) is 0 Å². The molecule has 1 saturated heterocycles. The van der Waals surface area contributed by atoms with E-state index < -0.39 is 0 Å². The zero-order chi connectivity index (χ0) is 18.7. The van der Waals surface area contributed by atoms with Gasteiger partial charge in [0.05, 0.1) is 11.8 Å². The van der Waals surface area contributed by atoms with Crippen molar-refractivity contribution < 1.29 is 19.2 Å². The number of anilines is 2. The van der Waals surface area contributed by atoms with Crippen molar-refractivity contribution >= 4 is 35.0 Å². The second-order valence-corrected chi connectivity index (χ2v) is 6.89. The van der Waals surface area contributed by atoms with Crippen molar-refractivity contribution in [3.8, 4) is 0 Å². The van der Waals surface area contributed by atoms with Gasteiger partial charge in [0.15, 0.2) is 0 Å². The van der Waals surface area contributed by atoms with Crippen LogP contribution in [0.25, 0.3) is 0 Å². The molecule has 7 nitrogen and oxygen atoms in total. The van der Waals surface area contributed by atoms with Crippen molar-refractivity contribution in [2.45, 2.75) is 39.0 Å². The highest BCUT2D eigenvalue weighted by Crippen LogP contribution is 2.37. The minimum absolute atomic E-state index is 0.0568. The molecule has 1 saturated carbocycles. The molecule has 2 fully saturated rings. The molecule has 2 N–H and O–H groups in total. The molecule has 1 aromatic rings. The van der Waals surface area contributed by atoms with Crippen LogP contribution >= 0.6 is 0 Å². The van der Waals surface area contributed by atoms with Gasteiger partial charge in [0.25, 0.3) is 0 Å². The van der Waals surface area contributed by atoms with Gasteiger partial charge in [-0.3, -0.25) is 24.1 Å². The Bertz CT molecular complexity index is 722. The molecule has 1 aliphatic heterocycles. The van der Waals surface area contributed by atoms with E-state index in [0.717, 1.165) is 25.7 Å². The molecule has 1 heterocycles. The van der Waals surface area contributed by atoms with Gasteiger partial charge in [-0.2, -0.15) is 0 Å². The Morgan fingerprint density at radius 2 is 1.62 bits per heavy atom. The summed E-state index contributed by atoms with van der Waals surface area (Å²) in [6, 6.07) is 6.81. The van der Waals surface area contributed by atoms with Crippen LogP contribution in [0.2, 0.25) is 0 Å². The average Bonchev–Trinajstić information content (AvgIpc) is 2.84. The highest BCUT2D eigenvalue weighted by atomic mass is 16.2. The molecule has 7 heteroatoms. The molecular weight excluding hydrogens is 334 g/mol. The molecular formula is C19H23N3O4. The van der Waals surface area contributed by atoms with E-state index in [2.05, 4.69) is 10.6 Å². The van der Waals surface area contributed by atoms with E-state index >= 15 is 0 Å². The molecule has 2 atom stereocenters. The number of hydrogen-bond acceptors (Lipinski definition) is 4. The summed E-state index contributed by atoms with van der Waals surface area (Å²) in [7, 11) is 0. The maximum Gasteiger partial charge on any atom is 0.233 e. The fourth-order valence-corrected chi connectivity index (χ4v) is 3.77. The van der Waals surface area contributed by atoms with E-state index in [-0.39, 0.29) is 48.4 Å². The monoisotopic (exact) mass is 357 g/mol. The van der Waals surface area contributed by atoms with Crippen LogP contribution in [0.1, 0.15) is 39.0 Å². The molecule has 0 unspecified atom stereocenters. The lowest BCUT2D eigenvalue weighted by Gasteiger charge is -2.19. The van der Waals surface area contributed by atoms with Gasteiger partial charge >= 0.3 is 0 Å². The van der Waals surface area contributed by atoms with Crippen LogP contribution in [0.15, 0.2) is 24.3 Å². The zero-order valence-electron chi connectivity index (χ0n) is 14.8. The number of amides is 4. The third-order valence-electron chi connectivity index (χ3n) is 4.96. The summed E-state index contributed by atoms with van der Waals surface area (Å²) in [5.41, 5.74) is 1.14. The van der Waals surface area contributed by atoms with Crippen molar-refractivity contribution in [1.82, 2.24) is 4.90 Å². The molecule has 0 radical (unpaired) electrons. The largest absolute Gasteiger partial charge is 0.326 e. The van der Waals surface area contributed by atoms with E-state index in [9.17, 15) is 19.2 Å². The summed E-state index contributed by atoms with van der Waals surface area (Å²) in [5, 5.41) is 5.38. The number of hydrogen-bond donors (Lipinski definition) is 2. The third-order valence-corrected chi connectivity index (χ3v) is 4.96. The number of rotatable bonds is 5. The topological polar surface area (TPSA) is 95.6 Å². The highest BCUT2D eigenvalue weighted by molar-refractivity contribution is 6.05. The van der Waals surface area contributed by atoms with Crippen molar-refractivity contribution in [3.63, 3.8) is 0 Å². The van der Waals surface area contributed by atoms with Crippen LogP contribution < -0.4 is 10.6 Å². The molecule has 1 aliphatic carbocycles. The number of nitrogens with zero attached hydrogens (tertiary/aromatic N) is 1. The minimum atomic E-state index is -0.277. The van der Waals surface area contributed by atoms with E-state index in [0.29, 0.717) is 11.4 Å². The van der Waals surface area contributed by atoms with Crippen molar-refractivity contribution in [3.05, 3.63) is 24.3 Å². The summed E-state index contributed by atoms with van der Waals surface area (Å²) < 4.78 is 0. The quantitative estimate of drug-likeness (QED) is 0.789. The normalized spacial score (nSPS) is 22.1. The maximum atomic E-state index is 12.4. The average molecular weight is 357 g/mol. The SMILES string of the molecule is CC(=O)Nc1cccc(NC(=O)CCN2C(=O)[C@H]3CCCC[C@@H]3C2=O)c1. The molecule has 138 valence electrons. The van der Waals surface area contributed by atoms with Crippen LogP contribution in [0.5, 0.6) is 0 Å². The van der Waals surface area contributed by atoms with Crippen molar-refractivity contribution in [1.29, 1.82) is 0 Å². The van der Waals surface area contributed by atoms with Gasteiger partial charge in [0, 0.05) is 31.3 Å². The first-order valence-corrected chi connectivity index (χ1v) is 8.98. The molecule has 4 amide bonds. The number of carbonyl (C=O) groups is 4. The van der Waals surface area contributed by atoms with Crippen LogP contribution in [0, 0.1) is 11.8 Å². The fraction of sp³-hybridized carbons (Fsp3) is 0.474. The van der Waals surface area contributed by atoms with E-state index in [4.69, 9.17) is 0 Å². The Balaban J connectivity index is 1.55. The van der Waals surface area contributed by atoms with Gasteiger partial charge < -0.3 is 10.6 Å².